The second-order valence-corrected chi connectivity index (χ2v) is 5.02. The molecule has 0 aromatic heterocycles. The third-order valence-corrected chi connectivity index (χ3v) is 2.81. The number of carboxylic acid groups (broad SMARTS) is 1. The number of nitrogens with two attached hydrogens (primary N) is 1. The van der Waals surface area contributed by atoms with Gasteiger partial charge in [0.25, 0.3) is 5.69 Å². The molecule has 1 aromatic carbocycles. The molecule has 0 aliphatic rings. The first-order valence-corrected chi connectivity index (χ1v) is 6.30. The molecule has 8 nitrogen and oxygen atoms in total. The van der Waals surface area contributed by atoms with Gasteiger partial charge in [-0.25, -0.2) is 4.79 Å². The average Bonchev–Trinajstić information content (AvgIpc) is 2.37. The summed E-state index contributed by atoms with van der Waals surface area (Å²) >= 11 is 0. The van der Waals surface area contributed by atoms with Gasteiger partial charge in [0.1, 0.15) is 11.7 Å². The molecular weight excluding hydrogens is 278 g/mol. The molecule has 8 heteroatoms. The van der Waals surface area contributed by atoms with Gasteiger partial charge in [-0.2, -0.15) is 0 Å². The maximum Gasteiger partial charge on any atom is 0.326 e. The molecule has 1 atom stereocenters. The Morgan fingerprint density at radius 3 is 2.48 bits per heavy atom. The molecule has 0 heterocycles. The first-order valence-electron chi connectivity index (χ1n) is 6.30. The van der Waals surface area contributed by atoms with E-state index in [9.17, 15) is 19.7 Å². The Bertz CT molecular complexity index is 571. The van der Waals surface area contributed by atoms with Crippen molar-refractivity contribution in [3.8, 4) is 0 Å². The Morgan fingerprint density at radius 2 is 2.05 bits per heavy atom. The third-order valence-electron chi connectivity index (χ3n) is 2.81. The number of primary amides is 1. The van der Waals surface area contributed by atoms with E-state index in [2.05, 4.69) is 5.32 Å². The zero-order valence-corrected chi connectivity index (χ0v) is 11.7. The van der Waals surface area contributed by atoms with Crippen LogP contribution in [0.1, 0.15) is 30.6 Å². The summed E-state index contributed by atoms with van der Waals surface area (Å²) in [4.78, 5) is 32.6. The molecule has 4 N–H and O–H groups in total. The monoisotopic (exact) mass is 295 g/mol. The van der Waals surface area contributed by atoms with Crippen molar-refractivity contribution in [2.45, 2.75) is 26.3 Å². The first-order chi connectivity index (χ1) is 9.72. The molecule has 0 fully saturated rings. The predicted molar refractivity (Wildman–Crippen MR) is 76.1 cm³/mol. The van der Waals surface area contributed by atoms with E-state index in [1.807, 2.05) is 13.8 Å². The van der Waals surface area contributed by atoms with Gasteiger partial charge in [-0.3, -0.25) is 14.9 Å². The van der Waals surface area contributed by atoms with E-state index in [1.165, 1.54) is 12.1 Å². The highest BCUT2D eigenvalue weighted by atomic mass is 16.6. The number of carboxylic acids is 1. The summed E-state index contributed by atoms with van der Waals surface area (Å²) in [5, 5.41) is 22.8. The lowest BCUT2D eigenvalue weighted by molar-refractivity contribution is -0.384. The van der Waals surface area contributed by atoms with Crippen molar-refractivity contribution in [3.63, 3.8) is 0 Å². The SMILES string of the molecule is CC(C)C[C@H](Nc1ccc(C(N)=O)cc1[N+](=O)[O-])C(=O)O. The standard InChI is InChI=1S/C13H17N3O5/c1-7(2)5-10(13(18)19)15-9-4-3-8(12(14)17)6-11(9)16(20)21/h3-4,6-7,10,15H,5H2,1-2H3,(H2,14,17)(H,18,19)/t10-/m0/s1. The van der Waals surface area contributed by atoms with E-state index in [1.54, 1.807) is 0 Å². The van der Waals surface area contributed by atoms with Crippen LogP contribution in [0.4, 0.5) is 11.4 Å². The highest BCUT2D eigenvalue weighted by Crippen LogP contribution is 2.27. The molecular formula is C13H17N3O5. The number of nitrogens with one attached hydrogen (secondary N) is 1. The van der Waals surface area contributed by atoms with E-state index >= 15 is 0 Å². The van der Waals surface area contributed by atoms with Crippen molar-refractivity contribution < 1.29 is 19.6 Å². The quantitative estimate of drug-likeness (QED) is 0.516. The number of aliphatic carboxylic acids is 1. The molecule has 0 spiro atoms. The topological polar surface area (TPSA) is 136 Å². The molecule has 1 amide bonds. The second kappa shape index (κ2) is 6.69. The maximum atomic E-state index is 11.2. The van der Waals surface area contributed by atoms with Crippen molar-refractivity contribution in [1.82, 2.24) is 0 Å². The zero-order valence-electron chi connectivity index (χ0n) is 11.7. The van der Waals surface area contributed by atoms with Gasteiger partial charge in [-0.15, -0.1) is 0 Å². The van der Waals surface area contributed by atoms with Crippen molar-refractivity contribution in [2.75, 3.05) is 5.32 Å². The second-order valence-electron chi connectivity index (χ2n) is 5.02. The van der Waals surface area contributed by atoms with Gasteiger partial charge in [0.2, 0.25) is 5.91 Å². The normalized spacial score (nSPS) is 12.0. The van der Waals surface area contributed by atoms with Gasteiger partial charge in [-0.1, -0.05) is 13.8 Å². The van der Waals surface area contributed by atoms with Gasteiger partial charge < -0.3 is 16.2 Å². The van der Waals surface area contributed by atoms with Crippen molar-refractivity contribution in [2.24, 2.45) is 11.7 Å². The van der Waals surface area contributed by atoms with Crippen LogP contribution in [0.2, 0.25) is 0 Å². The Hall–Kier alpha value is -2.64. The number of rotatable bonds is 7. The minimum absolute atomic E-state index is 0.0111. The summed E-state index contributed by atoms with van der Waals surface area (Å²) in [5.74, 6) is -1.79. The lowest BCUT2D eigenvalue weighted by Crippen LogP contribution is -2.31. The van der Waals surface area contributed by atoms with E-state index in [0.29, 0.717) is 6.42 Å². The Morgan fingerprint density at radius 1 is 1.43 bits per heavy atom. The highest BCUT2D eigenvalue weighted by Gasteiger charge is 2.23. The number of anilines is 1. The van der Waals surface area contributed by atoms with Crippen LogP contribution >= 0.6 is 0 Å². The van der Waals surface area contributed by atoms with Gasteiger partial charge in [-0.05, 0) is 24.5 Å². The summed E-state index contributed by atoms with van der Waals surface area (Å²) in [5.41, 5.74) is 4.71. The number of carbonyl (C=O) groups is 2. The summed E-state index contributed by atoms with van der Waals surface area (Å²) in [6.07, 6.45) is 0.310. The van der Waals surface area contributed by atoms with Crippen molar-refractivity contribution in [1.29, 1.82) is 0 Å². The fraction of sp³-hybridized carbons (Fsp3) is 0.385. The molecule has 0 aliphatic carbocycles. The number of benzene rings is 1. The van der Waals surface area contributed by atoms with Crippen LogP contribution in [0.15, 0.2) is 18.2 Å². The molecule has 0 saturated carbocycles. The average molecular weight is 295 g/mol. The first kappa shape index (κ1) is 16.4. The van der Waals surface area contributed by atoms with E-state index in [4.69, 9.17) is 10.8 Å². The highest BCUT2D eigenvalue weighted by molar-refractivity contribution is 5.94. The number of amides is 1. The molecule has 1 aromatic rings. The van der Waals surface area contributed by atoms with Crippen LogP contribution in [0.25, 0.3) is 0 Å². The lowest BCUT2D eigenvalue weighted by Gasteiger charge is -2.17. The van der Waals surface area contributed by atoms with Crippen molar-refractivity contribution >= 4 is 23.3 Å². The maximum absolute atomic E-state index is 11.2. The minimum Gasteiger partial charge on any atom is -0.480 e. The van der Waals surface area contributed by atoms with Crippen LogP contribution in [-0.2, 0) is 4.79 Å². The molecule has 0 aliphatic heterocycles. The predicted octanol–water partition coefficient (Wildman–Crippen LogP) is 1.60. The fourth-order valence-electron chi connectivity index (χ4n) is 1.84. The Balaban J connectivity index is 3.13. The molecule has 0 saturated heterocycles. The van der Waals surface area contributed by atoms with Gasteiger partial charge in [0.05, 0.1) is 4.92 Å². The van der Waals surface area contributed by atoms with E-state index in [-0.39, 0.29) is 22.9 Å². The van der Waals surface area contributed by atoms with E-state index in [0.717, 1.165) is 6.07 Å². The molecule has 1 rings (SSSR count). The smallest absolute Gasteiger partial charge is 0.326 e. The molecule has 0 unspecified atom stereocenters. The number of nitro groups is 1. The summed E-state index contributed by atoms with van der Waals surface area (Å²) in [6, 6.07) is 2.67. The Labute approximate surface area is 121 Å². The van der Waals surface area contributed by atoms with Gasteiger partial charge in [0.15, 0.2) is 0 Å². The molecule has 0 radical (unpaired) electrons. The van der Waals surface area contributed by atoms with Crippen LogP contribution in [0.5, 0.6) is 0 Å². The molecule has 21 heavy (non-hydrogen) atoms. The number of hydrogen-bond donors (Lipinski definition) is 3. The lowest BCUT2D eigenvalue weighted by atomic mass is 10.0. The fourth-order valence-corrected chi connectivity index (χ4v) is 1.84. The summed E-state index contributed by atoms with van der Waals surface area (Å²) < 4.78 is 0. The van der Waals surface area contributed by atoms with Gasteiger partial charge in [0, 0.05) is 11.6 Å². The van der Waals surface area contributed by atoms with Crippen molar-refractivity contribution in [3.05, 3.63) is 33.9 Å². The van der Waals surface area contributed by atoms with Crippen LogP contribution in [-0.4, -0.2) is 27.9 Å². The minimum atomic E-state index is -1.10. The summed E-state index contributed by atoms with van der Waals surface area (Å²) in [6.45, 7) is 3.70. The van der Waals surface area contributed by atoms with E-state index < -0.39 is 22.8 Å². The van der Waals surface area contributed by atoms with Crippen LogP contribution in [0.3, 0.4) is 0 Å². The largest absolute Gasteiger partial charge is 0.480 e. The number of carbonyl (C=O) groups excluding carboxylic acids is 1. The Kier molecular flexibility index (Phi) is 5.23. The summed E-state index contributed by atoms with van der Waals surface area (Å²) in [7, 11) is 0. The molecule has 114 valence electrons. The third kappa shape index (κ3) is 4.44. The number of hydrogen-bond acceptors (Lipinski definition) is 5. The number of nitrogens with zero attached hydrogens (tertiary/aromatic N) is 1. The zero-order chi connectivity index (χ0) is 16.2. The number of nitro benzene ring substituents is 1. The van der Waals surface area contributed by atoms with Crippen LogP contribution in [0, 0.1) is 16.0 Å². The van der Waals surface area contributed by atoms with Crippen LogP contribution < -0.4 is 11.1 Å². The van der Waals surface area contributed by atoms with Gasteiger partial charge >= 0.3 is 5.97 Å². The molecule has 0 bridgehead atoms.